The number of hydrogen-bond acceptors (Lipinski definition) is 2. The Kier molecular flexibility index (Phi) is 2.22. The molecule has 0 radical (unpaired) electrons. The fraction of sp³-hybridized carbons (Fsp3) is 0.250. The van der Waals surface area contributed by atoms with Crippen LogP contribution in [-0.4, -0.2) is 16.1 Å². The minimum atomic E-state index is -0.191. The Balaban J connectivity index is 2.13. The first-order chi connectivity index (χ1) is 7.86. The summed E-state index contributed by atoms with van der Waals surface area (Å²) in [6.45, 7) is 2.51. The van der Waals surface area contributed by atoms with Gasteiger partial charge in [0.25, 0.3) is 0 Å². The second-order valence-corrected chi connectivity index (χ2v) is 3.87. The number of benzene rings is 1. The molecule has 1 aliphatic rings. The van der Waals surface area contributed by atoms with Crippen molar-refractivity contribution in [3.05, 3.63) is 42.1 Å². The number of rotatable bonds is 1. The number of hydrogen-bond donors (Lipinski definition) is 1. The summed E-state index contributed by atoms with van der Waals surface area (Å²) in [6, 6.07) is 6.82. The predicted octanol–water partition coefficient (Wildman–Crippen LogP) is 1.79. The van der Waals surface area contributed by atoms with Crippen molar-refractivity contribution in [2.24, 2.45) is 0 Å². The lowest BCUT2D eigenvalue weighted by atomic mass is 10.1. The highest BCUT2D eigenvalue weighted by Crippen LogP contribution is 2.24. The van der Waals surface area contributed by atoms with Gasteiger partial charge >= 0.3 is 0 Å². The standard InChI is InChI=1S/C12H12FN3/c13-10-4-2-1-3-9(10)11-7-15-12-8-14-5-6-16(11)12/h1-4,7,14H,5-6,8H2. The average Bonchev–Trinajstić information content (AvgIpc) is 2.74. The molecular weight excluding hydrogens is 205 g/mol. The Morgan fingerprint density at radius 1 is 1.31 bits per heavy atom. The molecule has 1 N–H and O–H groups in total. The van der Waals surface area contributed by atoms with Crippen molar-refractivity contribution in [2.75, 3.05) is 6.54 Å². The van der Waals surface area contributed by atoms with Crippen molar-refractivity contribution in [2.45, 2.75) is 13.1 Å². The molecule has 0 saturated carbocycles. The SMILES string of the molecule is Fc1ccccc1-c1cnc2n1CCNC2. The molecule has 0 bridgehead atoms. The molecule has 3 rings (SSSR count). The Morgan fingerprint density at radius 2 is 2.19 bits per heavy atom. The molecule has 2 heterocycles. The number of nitrogens with one attached hydrogen (secondary N) is 1. The molecule has 2 aromatic rings. The van der Waals surface area contributed by atoms with Crippen LogP contribution >= 0.6 is 0 Å². The zero-order valence-corrected chi connectivity index (χ0v) is 8.78. The van der Waals surface area contributed by atoms with Crippen LogP contribution in [0.25, 0.3) is 11.3 Å². The van der Waals surface area contributed by atoms with Crippen molar-refractivity contribution < 1.29 is 4.39 Å². The third kappa shape index (κ3) is 1.42. The van der Waals surface area contributed by atoms with Crippen molar-refractivity contribution in [3.8, 4) is 11.3 Å². The third-order valence-corrected chi connectivity index (χ3v) is 2.88. The Morgan fingerprint density at radius 3 is 3.06 bits per heavy atom. The first-order valence-electron chi connectivity index (χ1n) is 5.36. The molecule has 82 valence electrons. The van der Waals surface area contributed by atoms with E-state index in [4.69, 9.17) is 0 Å². The predicted molar refractivity (Wildman–Crippen MR) is 59.3 cm³/mol. The number of imidazole rings is 1. The number of fused-ring (bicyclic) bond motifs is 1. The molecule has 0 aliphatic carbocycles. The maximum atomic E-state index is 13.7. The van der Waals surface area contributed by atoms with E-state index in [9.17, 15) is 4.39 Å². The lowest BCUT2D eigenvalue weighted by Crippen LogP contribution is -2.28. The van der Waals surface area contributed by atoms with Gasteiger partial charge in [0.1, 0.15) is 11.6 Å². The van der Waals surface area contributed by atoms with Gasteiger partial charge in [0.2, 0.25) is 0 Å². The van der Waals surface area contributed by atoms with Gasteiger partial charge in [-0.3, -0.25) is 0 Å². The maximum Gasteiger partial charge on any atom is 0.132 e. The van der Waals surface area contributed by atoms with Gasteiger partial charge in [-0.05, 0) is 12.1 Å². The van der Waals surface area contributed by atoms with Crippen molar-refractivity contribution >= 4 is 0 Å². The van der Waals surface area contributed by atoms with Crippen LogP contribution in [0, 0.1) is 5.82 Å². The molecule has 1 aromatic heterocycles. The van der Waals surface area contributed by atoms with Crippen LogP contribution in [0.15, 0.2) is 30.5 Å². The van der Waals surface area contributed by atoms with E-state index in [2.05, 4.69) is 14.9 Å². The molecule has 1 aliphatic heterocycles. The largest absolute Gasteiger partial charge is 0.326 e. The highest BCUT2D eigenvalue weighted by Gasteiger charge is 2.16. The molecule has 1 aromatic carbocycles. The molecule has 16 heavy (non-hydrogen) atoms. The van der Waals surface area contributed by atoms with Gasteiger partial charge in [0, 0.05) is 18.7 Å². The van der Waals surface area contributed by atoms with Gasteiger partial charge in [0.15, 0.2) is 0 Å². The van der Waals surface area contributed by atoms with Gasteiger partial charge in [0.05, 0.1) is 18.4 Å². The number of halogens is 1. The number of aromatic nitrogens is 2. The van der Waals surface area contributed by atoms with Crippen molar-refractivity contribution in [1.82, 2.24) is 14.9 Å². The van der Waals surface area contributed by atoms with E-state index in [-0.39, 0.29) is 5.82 Å². The van der Waals surface area contributed by atoms with Crippen LogP contribution in [0.4, 0.5) is 4.39 Å². The summed E-state index contributed by atoms with van der Waals surface area (Å²) in [7, 11) is 0. The second-order valence-electron chi connectivity index (χ2n) is 3.87. The van der Waals surface area contributed by atoms with Crippen LogP contribution in [0.3, 0.4) is 0 Å². The van der Waals surface area contributed by atoms with Gasteiger partial charge in [-0.2, -0.15) is 0 Å². The maximum absolute atomic E-state index is 13.7. The molecule has 0 fully saturated rings. The van der Waals surface area contributed by atoms with E-state index in [1.165, 1.54) is 6.07 Å². The van der Waals surface area contributed by atoms with Gasteiger partial charge in [-0.1, -0.05) is 12.1 Å². The molecule has 0 atom stereocenters. The van der Waals surface area contributed by atoms with E-state index in [1.807, 2.05) is 6.07 Å². The fourth-order valence-corrected chi connectivity index (χ4v) is 2.08. The Bertz CT molecular complexity index is 519. The molecule has 0 amide bonds. The van der Waals surface area contributed by atoms with Crippen LogP contribution in [0.1, 0.15) is 5.82 Å². The first-order valence-corrected chi connectivity index (χ1v) is 5.36. The minimum Gasteiger partial charge on any atom is -0.326 e. The van der Waals surface area contributed by atoms with Gasteiger partial charge in [-0.15, -0.1) is 0 Å². The second kappa shape index (κ2) is 3.72. The minimum absolute atomic E-state index is 0.191. The fourth-order valence-electron chi connectivity index (χ4n) is 2.08. The summed E-state index contributed by atoms with van der Waals surface area (Å²) in [6.07, 6.45) is 1.75. The van der Waals surface area contributed by atoms with Crippen molar-refractivity contribution in [1.29, 1.82) is 0 Å². The quantitative estimate of drug-likeness (QED) is 0.789. The smallest absolute Gasteiger partial charge is 0.132 e. The Hall–Kier alpha value is -1.68. The van der Waals surface area contributed by atoms with Crippen molar-refractivity contribution in [3.63, 3.8) is 0 Å². The topological polar surface area (TPSA) is 29.9 Å². The van der Waals surface area contributed by atoms with E-state index in [0.717, 1.165) is 31.2 Å². The molecule has 3 nitrogen and oxygen atoms in total. The van der Waals surface area contributed by atoms with Gasteiger partial charge < -0.3 is 9.88 Å². The number of nitrogens with zero attached hydrogens (tertiary/aromatic N) is 2. The normalized spacial score (nSPS) is 14.8. The summed E-state index contributed by atoms with van der Waals surface area (Å²) in [5, 5.41) is 3.24. The highest BCUT2D eigenvalue weighted by atomic mass is 19.1. The van der Waals surface area contributed by atoms with Gasteiger partial charge in [-0.25, -0.2) is 9.37 Å². The molecule has 0 spiro atoms. The monoisotopic (exact) mass is 217 g/mol. The first kappa shape index (κ1) is 9.54. The lowest BCUT2D eigenvalue weighted by molar-refractivity contribution is 0.507. The average molecular weight is 217 g/mol. The van der Waals surface area contributed by atoms with Crippen LogP contribution < -0.4 is 5.32 Å². The molecule has 0 saturated heterocycles. The summed E-state index contributed by atoms with van der Waals surface area (Å²) in [4.78, 5) is 4.31. The zero-order chi connectivity index (χ0) is 11.0. The third-order valence-electron chi connectivity index (χ3n) is 2.88. The summed E-state index contributed by atoms with van der Waals surface area (Å²) in [5.41, 5.74) is 1.50. The highest BCUT2D eigenvalue weighted by molar-refractivity contribution is 5.60. The lowest BCUT2D eigenvalue weighted by Gasteiger charge is -2.17. The van der Waals surface area contributed by atoms with Crippen LogP contribution in [-0.2, 0) is 13.1 Å². The molecule has 0 unspecified atom stereocenters. The Labute approximate surface area is 92.9 Å². The summed E-state index contributed by atoms with van der Waals surface area (Å²) in [5.74, 6) is 0.785. The summed E-state index contributed by atoms with van der Waals surface area (Å²) < 4.78 is 15.7. The molecule has 4 heteroatoms. The van der Waals surface area contributed by atoms with E-state index < -0.39 is 0 Å². The van der Waals surface area contributed by atoms with E-state index in [0.29, 0.717) is 5.56 Å². The molecular formula is C12H12FN3. The van der Waals surface area contributed by atoms with Crippen LogP contribution in [0.5, 0.6) is 0 Å². The summed E-state index contributed by atoms with van der Waals surface area (Å²) >= 11 is 0. The van der Waals surface area contributed by atoms with Crippen LogP contribution in [0.2, 0.25) is 0 Å². The zero-order valence-electron chi connectivity index (χ0n) is 8.78. The van der Waals surface area contributed by atoms with E-state index in [1.54, 1.807) is 18.3 Å². The van der Waals surface area contributed by atoms with E-state index >= 15 is 0 Å².